The van der Waals surface area contributed by atoms with Gasteiger partial charge in [0.05, 0.1) is 0 Å². The van der Waals surface area contributed by atoms with Crippen molar-refractivity contribution in [3.05, 3.63) is 237 Å². The second kappa shape index (κ2) is 15.3. The molecule has 0 amide bonds. The molecular formula is C60H39NO2. The van der Waals surface area contributed by atoms with Crippen molar-refractivity contribution in [2.24, 2.45) is 0 Å². The highest BCUT2D eigenvalue weighted by Crippen LogP contribution is 2.40. The largest absolute Gasteiger partial charge is 0.456 e. The van der Waals surface area contributed by atoms with Crippen LogP contribution in [-0.4, -0.2) is 0 Å². The molecule has 0 unspecified atom stereocenters. The van der Waals surface area contributed by atoms with Crippen LogP contribution in [0.25, 0.3) is 99.5 Å². The number of benzene rings is 10. The molecule has 296 valence electrons. The van der Waals surface area contributed by atoms with Gasteiger partial charge in [0.1, 0.15) is 22.3 Å². The summed E-state index contributed by atoms with van der Waals surface area (Å²) in [6.07, 6.45) is 0. The summed E-state index contributed by atoms with van der Waals surface area (Å²) < 4.78 is 12.6. The summed E-state index contributed by atoms with van der Waals surface area (Å²) in [4.78, 5) is 2.33. The first-order chi connectivity index (χ1) is 31.2. The molecule has 0 bridgehead atoms. The molecule has 2 heterocycles. The Morgan fingerprint density at radius 2 is 0.635 bits per heavy atom. The molecular weight excluding hydrogens is 767 g/mol. The highest BCUT2D eigenvalue weighted by Gasteiger charge is 2.16. The van der Waals surface area contributed by atoms with Gasteiger partial charge in [0.2, 0.25) is 0 Å². The molecule has 10 aromatic carbocycles. The molecule has 2 aromatic heterocycles. The average Bonchev–Trinajstić information content (AvgIpc) is 3.93. The molecule has 3 heteroatoms. The van der Waals surface area contributed by atoms with Gasteiger partial charge in [-0.15, -0.1) is 0 Å². The Kier molecular flexibility index (Phi) is 8.83. The predicted octanol–water partition coefficient (Wildman–Crippen LogP) is 17.3. The van der Waals surface area contributed by atoms with Crippen molar-refractivity contribution in [2.45, 2.75) is 0 Å². The molecule has 0 N–H and O–H groups in total. The van der Waals surface area contributed by atoms with Gasteiger partial charge in [-0.2, -0.15) is 0 Å². The van der Waals surface area contributed by atoms with Gasteiger partial charge in [-0.25, -0.2) is 0 Å². The Morgan fingerprint density at radius 3 is 1.27 bits per heavy atom. The molecule has 12 aromatic rings. The lowest BCUT2D eigenvalue weighted by Crippen LogP contribution is -2.09. The molecule has 63 heavy (non-hydrogen) atoms. The van der Waals surface area contributed by atoms with Crippen LogP contribution in [0.1, 0.15) is 0 Å². The van der Waals surface area contributed by atoms with Crippen molar-refractivity contribution in [1.82, 2.24) is 0 Å². The van der Waals surface area contributed by atoms with Crippen LogP contribution in [0.3, 0.4) is 0 Å². The molecule has 0 atom stereocenters. The monoisotopic (exact) mass is 805 g/mol. The fourth-order valence-electron chi connectivity index (χ4n) is 9.11. The van der Waals surface area contributed by atoms with Gasteiger partial charge in [0.25, 0.3) is 0 Å². The Bertz CT molecular complexity index is 3600. The molecule has 0 aliphatic carbocycles. The van der Waals surface area contributed by atoms with Crippen LogP contribution in [-0.2, 0) is 0 Å². The third kappa shape index (κ3) is 6.64. The number of hydrogen-bond donors (Lipinski definition) is 0. The second-order valence-corrected chi connectivity index (χ2v) is 16.1. The number of furan rings is 2. The SMILES string of the molecule is c1ccc(-c2ccc(N(c3ccc(-c4cccc(-c5cccc(-c6cccc7c6oc6ccccc67)c5)c4)cc3)c3ccc(-c4ccc5c(c4)oc4ccccc45)cc3)cc2)cc1. The first kappa shape index (κ1) is 36.5. The zero-order chi connectivity index (χ0) is 41.7. The van der Waals surface area contributed by atoms with Crippen molar-refractivity contribution in [1.29, 1.82) is 0 Å². The normalized spacial score (nSPS) is 11.5. The lowest BCUT2D eigenvalue weighted by molar-refractivity contribution is 0.669. The number of hydrogen-bond acceptors (Lipinski definition) is 3. The zero-order valence-electron chi connectivity index (χ0n) is 34.3. The Balaban J connectivity index is 0.869. The van der Waals surface area contributed by atoms with Crippen LogP contribution in [0.15, 0.2) is 245 Å². The van der Waals surface area contributed by atoms with Crippen LogP contribution >= 0.6 is 0 Å². The van der Waals surface area contributed by atoms with Crippen molar-refractivity contribution in [3.63, 3.8) is 0 Å². The van der Waals surface area contributed by atoms with E-state index in [1.165, 1.54) is 11.1 Å². The minimum absolute atomic E-state index is 0.897. The summed E-state index contributed by atoms with van der Waals surface area (Å²) in [5.74, 6) is 0. The maximum atomic E-state index is 6.41. The number of nitrogens with zero attached hydrogens (tertiary/aromatic N) is 1. The van der Waals surface area contributed by atoms with E-state index in [4.69, 9.17) is 8.83 Å². The lowest BCUT2D eigenvalue weighted by Gasteiger charge is -2.26. The topological polar surface area (TPSA) is 29.5 Å². The minimum Gasteiger partial charge on any atom is -0.456 e. The lowest BCUT2D eigenvalue weighted by atomic mass is 9.95. The molecule has 0 radical (unpaired) electrons. The third-order valence-electron chi connectivity index (χ3n) is 12.3. The van der Waals surface area contributed by atoms with E-state index in [0.717, 1.165) is 105 Å². The summed E-state index contributed by atoms with van der Waals surface area (Å²) in [6.45, 7) is 0. The molecule has 0 saturated heterocycles. The Hall–Kier alpha value is -8.40. The van der Waals surface area contributed by atoms with Crippen LogP contribution in [0.4, 0.5) is 17.1 Å². The molecule has 0 aliphatic rings. The summed E-state index contributed by atoms with van der Waals surface area (Å²) in [5.41, 5.74) is 18.4. The van der Waals surface area contributed by atoms with Gasteiger partial charge in [-0.1, -0.05) is 164 Å². The van der Waals surface area contributed by atoms with Crippen LogP contribution in [0, 0.1) is 0 Å². The maximum absolute atomic E-state index is 6.41. The Labute approximate surface area is 365 Å². The first-order valence-electron chi connectivity index (χ1n) is 21.4. The molecule has 0 aliphatic heterocycles. The molecule has 0 fully saturated rings. The second-order valence-electron chi connectivity index (χ2n) is 16.1. The highest BCUT2D eigenvalue weighted by atomic mass is 16.3. The smallest absolute Gasteiger partial charge is 0.143 e. The predicted molar refractivity (Wildman–Crippen MR) is 263 cm³/mol. The summed E-state index contributed by atoms with van der Waals surface area (Å²) in [6, 6.07) is 84.1. The highest BCUT2D eigenvalue weighted by molar-refractivity contribution is 6.10. The molecule has 0 saturated carbocycles. The van der Waals surface area contributed by atoms with E-state index in [0.29, 0.717) is 0 Å². The molecule has 3 nitrogen and oxygen atoms in total. The number of para-hydroxylation sites is 3. The molecule has 12 rings (SSSR count). The van der Waals surface area contributed by atoms with E-state index >= 15 is 0 Å². The van der Waals surface area contributed by atoms with Gasteiger partial charge < -0.3 is 13.7 Å². The summed E-state index contributed by atoms with van der Waals surface area (Å²) in [5, 5.41) is 4.55. The van der Waals surface area contributed by atoms with E-state index in [1.807, 2.05) is 24.3 Å². The first-order valence-corrected chi connectivity index (χ1v) is 21.4. The van der Waals surface area contributed by atoms with Gasteiger partial charge >= 0.3 is 0 Å². The van der Waals surface area contributed by atoms with E-state index in [1.54, 1.807) is 0 Å². The fourth-order valence-corrected chi connectivity index (χ4v) is 9.11. The van der Waals surface area contributed by atoms with E-state index in [-0.39, 0.29) is 0 Å². The van der Waals surface area contributed by atoms with Gasteiger partial charge in [-0.05, 0) is 123 Å². The Morgan fingerprint density at radius 1 is 0.238 bits per heavy atom. The van der Waals surface area contributed by atoms with Gasteiger partial charge in [0, 0.05) is 44.2 Å². The molecule has 0 spiro atoms. The van der Waals surface area contributed by atoms with Crippen molar-refractivity contribution < 1.29 is 8.83 Å². The summed E-state index contributed by atoms with van der Waals surface area (Å²) >= 11 is 0. The van der Waals surface area contributed by atoms with Crippen molar-refractivity contribution >= 4 is 60.9 Å². The standard InChI is InChI=1S/C60H39NO2/c1-2-11-40(12-3-1)41-23-30-49(31-24-41)61(51-34-27-43(28-35-51)47-29-36-55-53-17-4-6-21-57(53)62-59(55)39-47)50-32-25-42(26-33-50)44-13-8-14-45(37-44)46-15-9-16-48(38-46)52-19-10-20-56-54-18-5-7-22-58(54)63-60(52)56/h1-39H. The minimum atomic E-state index is 0.897. The fraction of sp³-hybridized carbons (Fsp3) is 0. The average molecular weight is 806 g/mol. The third-order valence-corrected chi connectivity index (χ3v) is 12.3. The number of fused-ring (bicyclic) bond motifs is 6. The van der Waals surface area contributed by atoms with Crippen molar-refractivity contribution in [2.75, 3.05) is 4.90 Å². The maximum Gasteiger partial charge on any atom is 0.143 e. The van der Waals surface area contributed by atoms with Crippen LogP contribution < -0.4 is 4.90 Å². The van der Waals surface area contributed by atoms with Crippen molar-refractivity contribution in [3.8, 4) is 55.6 Å². The van der Waals surface area contributed by atoms with Gasteiger partial charge in [0.15, 0.2) is 0 Å². The quantitative estimate of drug-likeness (QED) is 0.153. The number of rotatable bonds is 8. The zero-order valence-corrected chi connectivity index (χ0v) is 34.3. The van der Waals surface area contributed by atoms with E-state index < -0.39 is 0 Å². The number of anilines is 3. The van der Waals surface area contributed by atoms with Gasteiger partial charge in [-0.3, -0.25) is 0 Å². The van der Waals surface area contributed by atoms with E-state index in [9.17, 15) is 0 Å². The van der Waals surface area contributed by atoms with Crippen LogP contribution in [0.5, 0.6) is 0 Å². The summed E-state index contributed by atoms with van der Waals surface area (Å²) in [7, 11) is 0. The van der Waals surface area contributed by atoms with E-state index in [2.05, 4.69) is 217 Å². The van der Waals surface area contributed by atoms with Crippen LogP contribution in [0.2, 0.25) is 0 Å².